The minimum absolute atomic E-state index is 0.0320. The molecule has 0 aromatic heterocycles. The molecule has 0 saturated carbocycles. The maximum atomic E-state index is 12.8. The number of rotatable bonds is 20. The van der Waals surface area contributed by atoms with Crippen LogP contribution in [0.25, 0.3) is 0 Å². The van der Waals surface area contributed by atoms with Crippen LogP contribution in [-0.4, -0.2) is 64.4 Å². The number of aliphatic hydroxyl groups is 2. The van der Waals surface area contributed by atoms with E-state index in [1.54, 1.807) is 13.8 Å². The second-order valence-electron chi connectivity index (χ2n) is 9.54. The summed E-state index contributed by atoms with van der Waals surface area (Å²) in [6.45, 7) is 5.25. The highest BCUT2D eigenvalue weighted by Crippen LogP contribution is 2.22. The van der Waals surface area contributed by atoms with E-state index in [1.165, 1.54) is 44.9 Å². The summed E-state index contributed by atoms with van der Waals surface area (Å²) in [5, 5.41) is 22.6. The van der Waals surface area contributed by atoms with Crippen molar-refractivity contribution in [1.29, 1.82) is 0 Å². The zero-order chi connectivity index (χ0) is 25.1. The molecule has 1 atom stereocenters. The summed E-state index contributed by atoms with van der Waals surface area (Å²) in [5.74, 6) is -0.926. The number of nitrogens with one attached hydrogen (secondary N) is 1. The molecule has 7 nitrogen and oxygen atoms in total. The first-order chi connectivity index (χ1) is 15.7. The lowest BCUT2D eigenvalue weighted by atomic mass is 9.86. The minimum atomic E-state index is -1.52. The van der Waals surface area contributed by atoms with Gasteiger partial charge in [0, 0.05) is 37.1 Å². The zero-order valence-electron chi connectivity index (χ0n) is 21.1. The summed E-state index contributed by atoms with van der Waals surface area (Å²) in [7, 11) is 0. The van der Waals surface area contributed by atoms with Crippen molar-refractivity contribution in [3.05, 3.63) is 0 Å². The molecule has 0 saturated heterocycles. The Labute approximate surface area is 206 Å². The summed E-state index contributed by atoms with van der Waals surface area (Å²) in [4.78, 5) is 38.5. The highest BCUT2D eigenvalue weighted by molar-refractivity contribution is 7.80. The predicted molar refractivity (Wildman–Crippen MR) is 136 cm³/mol. The Hall–Kier alpha value is -1.12. The van der Waals surface area contributed by atoms with Crippen molar-refractivity contribution in [2.75, 3.05) is 25.4 Å². The van der Waals surface area contributed by atoms with Crippen molar-refractivity contribution >= 4 is 30.4 Å². The zero-order valence-corrected chi connectivity index (χ0v) is 22.0. The van der Waals surface area contributed by atoms with Crippen LogP contribution in [0.2, 0.25) is 0 Å². The van der Waals surface area contributed by atoms with Crippen molar-refractivity contribution in [2.45, 2.75) is 110 Å². The number of unbranched alkanes of at least 4 members (excludes halogenated alkanes) is 10. The van der Waals surface area contributed by atoms with Crippen molar-refractivity contribution in [1.82, 2.24) is 10.2 Å². The topological polar surface area (TPSA) is 107 Å². The second-order valence-corrected chi connectivity index (χ2v) is 9.99. The molecule has 0 unspecified atom stereocenters. The van der Waals surface area contributed by atoms with Crippen LogP contribution in [0.15, 0.2) is 0 Å². The molecule has 33 heavy (non-hydrogen) atoms. The van der Waals surface area contributed by atoms with Gasteiger partial charge in [-0.3, -0.25) is 19.3 Å². The quantitative estimate of drug-likeness (QED) is 0.154. The summed E-state index contributed by atoms with van der Waals surface area (Å²) in [5.41, 5.74) is -1.08. The van der Waals surface area contributed by atoms with Crippen LogP contribution in [-0.2, 0) is 14.4 Å². The molecule has 0 aliphatic heterocycles. The second kappa shape index (κ2) is 19.2. The van der Waals surface area contributed by atoms with Gasteiger partial charge in [-0.05, 0) is 6.42 Å². The average Bonchev–Trinajstić information content (AvgIpc) is 2.80. The fourth-order valence-electron chi connectivity index (χ4n) is 3.50. The van der Waals surface area contributed by atoms with E-state index in [1.807, 2.05) is 0 Å². The van der Waals surface area contributed by atoms with Crippen LogP contribution in [0.4, 0.5) is 0 Å². The van der Waals surface area contributed by atoms with E-state index in [0.717, 1.165) is 24.2 Å². The van der Waals surface area contributed by atoms with E-state index in [-0.39, 0.29) is 31.2 Å². The van der Waals surface area contributed by atoms with Gasteiger partial charge in [-0.25, -0.2) is 0 Å². The number of carbonyl (C=O) groups excluding carboxylic acids is 3. The normalized spacial score (nSPS) is 12.4. The Morgan fingerprint density at radius 1 is 0.909 bits per heavy atom. The lowest BCUT2D eigenvalue weighted by molar-refractivity contribution is -0.156. The third-order valence-electron chi connectivity index (χ3n) is 5.94. The minimum Gasteiger partial charge on any atom is -0.396 e. The lowest BCUT2D eigenvalue weighted by Gasteiger charge is -2.31. The van der Waals surface area contributed by atoms with Gasteiger partial charge in [0.05, 0.1) is 6.61 Å². The molecule has 0 radical (unpaired) electrons. The Morgan fingerprint density at radius 3 is 1.91 bits per heavy atom. The van der Waals surface area contributed by atoms with E-state index in [4.69, 9.17) is 0 Å². The number of nitrogens with zero attached hydrogens (tertiary/aromatic N) is 1. The Morgan fingerprint density at radius 2 is 1.42 bits per heavy atom. The van der Waals surface area contributed by atoms with Gasteiger partial charge >= 0.3 is 0 Å². The molecule has 0 aromatic carbocycles. The lowest BCUT2D eigenvalue weighted by Crippen LogP contribution is -2.50. The Balaban J connectivity index is 4.53. The first-order valence-electron chi connectivity index (χ1n) is 12.7. The number of imide groups is 1. The van der Waals surface area contributed by atoms with E-state index >= 15 is 0 Å². The maximum Gasteiger partial charge on any atom is 0.258 e. The van der Waals surface area contributed by atoms with Gasteiger partial charge in [-0.1, -0.05) is 85.0 Å². The van der Waals surface area contributed by atoms with Crippen LogP contribution < -0.4 is 5.32 Å². The number of thiol groups is 1. The smallest absolute Gasteiger partial charge is 0.258 e. The summed E-state index contributed by atoms with van der Waals surface area (Å²) < 4.78 is 0. The van der Waals surface area contributed by atoms with Crippen LogP contribution in [0, 0.1) is 5.41 Å². The molecule has 3 N–H and O–H groups in total. The van der Waals surface area contributed by atoms with Crippen molar-refractivity contribution in [3.8, 4) is 0 Å². The van der Waals surface area contributed by atoms with E-state index < -0.39 is 24.0 Å². The molecule has 0 heterocycles. The van der Waals surface area contributed by atoms with Crippen LogP contribution >= 0.6 is 12.6 Å². The fraction of sp³-hybridized carbons (Fsp3) is 0.880. The standard InChI is InChI=1S/C25H48N2O5S/c1-4-5-6-7-8-9-10-11-12-13-14-15-22(30)27(18-16-21(29)26-17-19-33)24(32)23(31)25(2,3)20-28/h23,28,31,33H,4-20H2,1-3H3,(H,26,29)/t23-/m0/s1. The Bertz CT molecular complexity index is 557. The van der Waals surface area contributed by atoms with Crippen molar-refractivity contribution in [3.63, 3.8) is 0 Å². The Kier molecular flexibility index (Phi) is 18.6. The predicted octanol–water partition coefficient (Wildman–Crippen LogP) is 3.86. The van der Waals surface area contributed by atoms with E-state index in [2.05, 4.69) is 24.9 Å². The average molecular weight is 489 g/mol. The largest absolute Gasteiger partial charge is 0.396 e. The monoisotopic (exact) mass is 488 g/mol. The van der Waals surface area contributed by atoms with E-state index in [0.29, 0.717) is 18.7 Å². The molecule has 0 aliphatic carbocycles. The van der Waals surface area contributed by atoms with Gasteiger partial charge in [0.2, 0.25) is 11.8 Å². The van der Waals surface area contributed by atoms with Gasteiger partial charge in [-0.15, -0.1) is 0 Å². The van der Waals surface area contributed by atoms with Crippen LogP contribution in [0.1, 0.15) is 104 Å². The molecule has 0 fully saturated rings. The molecule has 8 heteroatoms. The molecule has 0 bridgehead atoms. The molecule has 3 amide bonds. The first kappa shape index (κ1) is 31.9. The highest BCUT2D eigenvalue weighted by atomic mass is 32.1. The molecular weight excluding hydrogens is 440 g/mol. The molecule has 0 rings (SSSR count). The maximum absolute atomic E-state index is 12.8. The summed E-state index contributed by atoms with van der Waals surface area (Å²) in [6.07, 6.45) is 11.4. The number of hydrogen-bond donors (Lipinski definition) is 4. The molecular formula is C25H48N2O5S. The fourth-order valence-corrected chi connectivity index (χ4v) is 3.61. The van der Waals surface area contributed by atoms with Crippen LogP contribution in [0.5, 0.6) is 0 Å². The number of amides is 3. The molecule has 194 valence electrons. The third kappa shape index (κ3) is 14.7. The SMILES string of the molecule is CCCCCCCCCCCCCC(=O)N(CCC(=O)NCCS)C(=O)[C@H](O)C(C)(C)CO. The van der Waals surface area contributed by atoms with Gasteiger partial charge in [-0.2, -0.15) is 12.6 Å². The number of carbonyl (C=O) groups is 3. The van der Waals surface area contributed by atoms with Crippen molar-refractivity contribution in [2.24, 2.45) is 5.41 Å². The third-order valence-corrected chi connectivity index (χ3v) is 6.16. The van der Waals surface area contributed by atoms with Gasteiger partial charge in [0.25, 0.3) is 5.91 Å². The van der Waals surface area contributed by atoms with E-state index in [9.17, 15) is 24.6 Å². The summed E-state index contributed by atoms with van der Waals surface area (Å²) in [6, 6.07) is 0. The first-order valence-corrected chi connectivity index (χ1v) is 13.3. The van der Waals surface area contributed by atoms with Gasteiger partial charge in [0.1, 0.15) is 6.10 Å². The van der Waals surface area contributed by atoms with Gasteiger partial charge < -0.3 is 15.5 Å². The number of hydrogen-bond acceptors (Lipinski definition) is 6. The van der Waals surface area contributed by atoms with Crippen LogP contribution in [0.3, 0.4) is 0 Å². The van der Waals surface area contributed by atoms with Gasteiger partial charge in [0.15, 0.2) is 0 Å². The van der Waals surface area contributed by atoms with Crippen molar-refractivity contribution < 1.29 is 24.6 Å². The number of aliphatic hydroxyl groups excluding tert-OH is 2. The highest BCUT2D eigenvalue weighted by Gasteiger charge is 2.37. The molecule has 0 aliphatic rings. The molecule has 0 aromatic rings. The summed E-state index contributed by atoms with van der Waals surface area (Å²) >= 11 is 4.04. The molecule has 0 spiro atoms.